The minimum absolute atomic E-state index is 0.779. The zero-order chi connectivity index (χ0) is 9.64. The van der Waals surface area contributed by atoms with Crippen LogP contribution in [0.25, 0.3) is 0 Å². The van der Waals surface area contributed by atoms with Crippen LogP contribution in [0.5, 0.6) is 0 Å². The van der Waals surface area contributed by atoms with Crippen molar-refractivity contribution in [2.24, 2.45) is 0 Å². The summed E-state index contributed by atoms with van der Waals surface area (Å²) in [6.07, 6.45) is 7.20. The Labute approximate surface area is 83.6 Å². The second-order valence-electron chi connectivity index (χ2n) is 3.11. The van der Waals surface area contributed by atoms with Crippen LogP contribution < -0.4 is 0 Å². The van der Waals surface area contributed by atoms with Gasteiger partial charge < -0.3 is 4.42 Å². The molecule has 1 heterocycles. The molecule has 0 saturated carbocycles. The van der Waals surface area contributed by atoms with Crippen molar-refractivity contribution in [2.75, 3.05) is 0 Å². The summed E-state index contributed by atoms with van der Waals surface area (Å²) in [4.78, 5) is 4.05. The van der Waals surface area contributed by atoms with E-state index in [1.165, 1.54) is 5.56 Å². The molecule has 0 fully saturated rings. The summed E-state index contributed by atoms with van der Waals surface area (Å²) < 4.78 is 5.13. The van der Waals surface area contributed by atoms with Crippen molar-refractivity contribution in [2.45, 2.75) is 12.8 Å². The maximum atomic E-state index is 5.13. The van der Waals surface area contributed by atoms with Crippen LogP contribution in [0, 0.1) is 6.42 Å². The number of rotatable bonds is 4. The highest BCUT2D eigenvalue weighted by Gasteiger charge is 1.97. The van der Waals surface area contributed by atoms with Crippen LogP contribution in [0.15, 0.2) is 47.2 Å². The Kier molecular flexibility index (Phi) is 2.96. The molecule has 1 aromatic heterocycles. The molecule has 2 rings (SSSR count). The Morgan fingerprint density at radius 2 is 2.00 bits per heavy atom. The normalized spacial score (nSPS) is 10.3. The quantitative estimate of drug-likeness (QED) is 0.733. The summed E-state index contributed by atoms with van der Waals surface area (Å²) in [6.45, 7) is 0. The highest BCUT2D eigenvalue weighted by molar-refractivity contribution is 5.16. The zero-order valence-corrected chi connectivity index (χ0v) is 7.89. The summed E-state index contributed by atoms with van der Waals surface area (Å²) >= 11 is 0. The molecule has 2 heteroatoms. The molecule has 0 aliphatic carbocycles. The molecule has 0 aliphatic rings. The van der Waals surface area contributed by atoms with Gasteiger partial charge in [-0.3, -0.25) is 0 Å². The molecule has 2 nitrogen and oxygen atoms in total. The highest BCUT2D eigenvalue weighted by Crippen LogP contribution is 2.05. The average molecular weight is 186 g/mol. The number of benzene rings is 1. The lowest BCUT2D eigenvalue weighted by Gasteiger charge is -1.98. The molecule has 0 bridgehead atoms. The third-order valence-electron chi connectivity index (χ3n) is 2.03. The topological polar surface area (TPSA) is 26.0 Å². The summed E-state index contributed by atoms with van der Waals surface area (Å²) in [5.41, 5.74) is 1.32. The van der Waals surface area contributed by atoms with Gasteiger partial charge in [0.05, 0.1) is 6.20 Å². The molecule has 1 radical (unpaired) electrons. The summed E-state index contributed by atoms with van der Waals surface area (Å²) in [5, 5.41) is 0. The molecule has 0 atom stereocenters. The van der Waals surface area contributed by atoms with Gasteiger partial charge in [0, 0.05) is 6.42 Å². The predicted octanol–water partition coefficient (Wildman–Crippen LogP) is 2.66. The van der Waals surface area contributed by atoms with E-state index in [0.717, 1.165) is 18.7 Å². The fourth-order valence-corrected chi connectivity index (χ4v) is 1.33. The number of hydrogen-bond acceptors (Lipinski definition) is 2. The summed E-state index contributed by atoms with van der Waals surface area (Å²) in [6, 6.07) is 10.4. The second kappa shape index (κ2) is 4.61. The van der Waals surface area contributed by atoms with Gasteiger partial charge in [0.1, 0.15) is 6.26 Å². The standard InChI is InChI=1S/C12H12NO/c1-2-5-11(6-3-1)7-4-8-12-13-9-10-14-12/h1-6,9-10H,7-8H2. The van der Waals surface area contributed by atoms with Crippen molar-refractivity contribution >= 4 is 0 Å². The van der Waals surface area contributed by atoms with Crippen LogP contribution in [-0.4, -0.2) is 4.98 Å². The number of nitrogens with zero attached hydrogens (tertiary/aromatic N) is 1. The third kappa shape index (κ3) is 2.46. The van der Waals surface area contributed by atoms with E-state index in [0.29, 0.717) is 0 Å². The molecule has 71 valence electrons. The Hall–Kier alpha value is -1.57. The van der Waals surface area contributed by atoms with E-state index < -0.39 is 0 Å². The molecule has 1 aromatic carbocycles. The molecule has 0 N–H and O–H groups in total. The SMILES string of the molecule is [CH](Cc1ccccc1)Cc1ncco1. The molecule has 0 amide bonds. The molecule has 2 aromatic rings. The van der Waals surface area contributed by atoms with E-state index in [1.807, 2.05) is 18.2 Å². The van der Waals surface area contributed by atoms with Gasteiger partial charge in [-0.05, 0) is 18.4 Å². The minimum atomic E-state index is 0.779. The predicted molar refractivity (Wildman–Crippen MR) is 54.7 cm³/mol. The molecule has 0 unspecified atom stereocenters. The lowest BCUT2D eigenvalue weighted by atomic mass is 10.1. The fraction of sp³-hybridized carbons (Fsp3) is 0.167. The largest absolute Gasteiger partial charge is 0.449 e. The van der Waals surface area contributed by atoms with Crippen LogP contribution in [0.1, 0.15) is 11.5 Å². The molecule has 0 aliphatic heterocycles. The third-order valence-corrected chi connectivity index (χ3v) is 2.03. The van der Waals surface area contributed by atoms with Crippen molar-refractivity contribution in [3.8, 4) is 0 Å². The first kappa shape index (κ1) is 9.00. The Bertz CT molecular complexity index is 353. The molecule has 0 saturated heterocycles. The summed E-state index contributed by atoms with van der Waals surface area (Å²) in [5.74, 6) is 0.779. The van der Waals surface area contributed by atoms with Gasteiger partial charge >= 0.3 is 0 Å². The fourth-order valence-electron chi connectivity index (χ4n) is 1.33. The van der Waals surface area contributed by atoms with Gasteiger partial charge in [-0.2, -0.15) is 0 Å². The van der Waals surface area contributed by atoms with Crippen molar-refractivity contribution in [3.05, 3.63) is 60.7 Å². The van der Waals surface area contributed by atoms with Gasteiger partial charge in [0.2, 0.25) is 0 Å². The Morgan fingerprint density at radius 1 is 1.14 bits per heavy atom. The lowest BCUT2D eigenvalue weighted by molar-refractivity contribution is 0.503. The monoisotopic (exact) mass is 186 g/mol. The maximum Gasteiger partial charge on any atom is 0.194 e. The van der Waals surface area contributed by atoms with Crippen LogP contribution in [0.4, 0.5) is 0 Å². The van der Waals surface area contributed by atoms with E-state index >= 15 is 0 Å². The maximum absolute atomic E-state index is 5.13. The van der Waals surface area contributed by atoms with Crippen LogP contribution in [0.2, 0.25) is 0 Å². The average Bonchev–Trinajstić information content (AvgIpc) is 2.72. The van der Waals surface area contributed by atoms with Gasteiger partial charge in [-0.25, -0.2) is 4.98 Å². The number of aromatic nitrogens is 1. The van der Waals surface area contributed by atoms with Gasteiger partial charge in [-0.15, -0.1) is 0 Å². The first-order valence-electron chi connectivity index (χ1n) is 4.69. The van der Waals surface area contributed by atoms with Crippen molar-refractivity contribution in [3.63, 3.8) is 0 Å². The van der Waals surface area contributed by atoms with Crippen molar-refractivity contribution < 1.29 is 4.42 Å². The van der Waals surface area contributed by atoms with Crippen LogP contribution in [-0.2, 0) is 12.8 Å². The van der Waals surface area contributed by atoms with E-state index in [9.17, 15) is 0 Å². The summed E-state index contributed by atoms with van der Waals surface area (Å²) in [7, 11) is 0. The first-order chi connectivity index (χ1) is 6.95. The molecule has 0 spiro atoms. The van der Waals surface area contributed by atoms with E-state index in [2.05, 4.69) is 23.5 Å². The van der Waals surface area contributed by atoms with Crippen LogP contribution >= 0.6 is 0 Å². The lowest BCUT2D eigenvalue weighted by Crippen LogP contribution is -1.90. The minimum Gasteiger partial charge on any atom is -0.449 e. The Balaban J connectivity index is 1.79. The van der Waals surface area contributed by atoms with E-state index in [-0.39, 0.29) is 0 Å². The van der Waals surface area contributed by atoms with Gasteiger partial charge in [-0.1, -0.05) is 30.3 Å². The van der Waals surface area contributed by atoms with Crippen molar-refractivity contribution in [1.82, 2.24) is 4.98 Å². The smallest absolute Gasteiger partial charge is 0.194 e. The van der Waals surface area contributed by atoms with E-state index in [4.69, 9.17) is 4.42 Å². The molecule has 14 heavy (non-hydrogen) atoms. The first-order valence-corrected chi connectivity index (χ1v) is 4.69. The Morgan fingerprint density at radius 3 is 2.71 bits per heavy atom. The second-order valence-corrected chi connectivity index (χ2v) is 3.11. The van der Waals surface area contributed by atoms with Gasteiger partial charge in [0.25, 0.3) is 0 Å². The highest BCUT2D eigenvalue weighted by atomic mass is 16.3. The van der Waals surface area contributed by atoms with Crippen LogP contribution in [0.3, 0.4) is 0 Å². The van der Waals surface area contributed by atoms with Gasteiger partial charge in [0.15, 0.2) is 5.89 Å². The van der Waals surface area contributed by atoms with E-state index in [1.54, 1.807) is 12.5 Å². The number of hydrogen-bond donors (Lipinski definition) is 0. The number of oxazole rings is 1. The molecular formula is C12H12NO. The van der Waals surface area contributed by atoms with Crippen molar-refractivity contribution in [1.29, 1.82) is 0 Å². The zero-order valence-electron chi connectivity index (χ0n) is 7.89. The molecular weight excluding hydrogens is 174 g/mol.